The number of hydrogen-bond donors (Lipinski definition) is 0. The summed E-state index contributed by atoms with van der Waals surface area (Å²) in [6, 6.07) is 56.4. The Balaban J connectivity index is 1.28. The molecule has 6 aromatic carbocycles. The zero-order valence-electron chi connectivity index (χ0n) is 24.5. The van der Waals surface area contributed by atoms with Crippen molar-refractivity contribution in [1.82, 2.24) is 14.1 Å². The maximum absolute atomic E-state index is 4.26. The Bertz CT molecular complexity index is 2320. The van der Waals surface area contributed by atoms with Gasteiger partial charge in [0.05, 0.1) is 22.1 Å². The molecular weight excluding hydrogens is 548 g/mol. The first-order valence-corrected chi connectivity index (χ1v) is 15.2. The van der Waals surface area contributed by atoms with Crippen LogP contribution < -0.4 is 4.90 Å². The molecule has 0 atom stereocenters. The van der Waals surface area contributed by atoms with Crippen LogP contribution in [0, 0.1) is 0 Å². The molecule has 45 heavy (non-hydrogen) atoms. The fourth-order valence-corrected chi connectivity index (χ4v) is 6.85. The average Bonchev–Trinajstić information content (AvgIpc) is 3.62. The Kier molecular flexibility index (Phi) is 5.78. The van der Waals surface area contributed by atoms with Gasteiger partial charge in [-0.2, -0.15) is 0 Å². The van der Waals surface area contributed by atoms with Crippen LogP contribution in [0.15, 0.2) is 170 Å². The minimum absolute atomic E-state index is 1.10. The minimum atomic E-state index is 1.10. The summed E-state index contributed by atoms with van der Waals surface area (Å²) in [5.41, 5.74) is 10.3. The summed E-state index contributed by atoms with van der Waals surface area (Å²) in [5, 5.41) is 4.90. The smallest absolute Gasteiger partial charge is 0.0542 e. The van der Waals surface area contributed by atoms with E-state index < -0.39 is 0 Å². The van der Waals surface area contributed by atoms with Gasteiger partial charge in [0.2, 0.25) is 0 Å². The molecule has 0 spiro atoms. The van der Waals surface area contributed by atoms with Crippen molar-refractivity contribution >= 4 is 60.7 Å². The third-order valence-corrected chi connectivity index (χ3v) is 8.78. The van der Waals surface area contributed by atoms with Crippen LogP contribution in [0.2, 0.25) is 0 Å². The molecule has 0 saturated carbocycles. The van der Waals surface area contributed by atoms with E-state index in [1.807, 2.05) is 12.4 Å². The third-order valence-electron chi connectivity index (χ3n) is 8.78. The number of fused-ring (bicyclic) bond motifs is 6. The van der Waals surface area contributed by atoms with E-state index >= 15 is 0 Å². The van der Waals surface area contributed by atoms with E-state index in [2.05, 4.69) is 177 Å². The van der Waals surface area contributed by atoms with Gasteiger partial charge in [-0.3, -0.25) is 4.98 Å². The van der Waals surface area contributed by atoms with E-state index in [9.17, 15) is 0 Å². The summed E-state index contributed by atoms with van der Waals surface area (Å²) in [6.45, 7) is 0. The van der Waals surface area contributed by atoms with Gasteiger partial charge < -0.3 is 14.0 Å². The number of nitrogens with zero attached hydrogens (tertiary/aromatic N) is 4. The lowest BCUT2D eigenvalue weighted by atomic mass is 10.1. The highest BCUT2D eigenvalue weighted by Crippen LogP contribution is 2.42. The van der Waals surface area contributed by atoms with Crippen LogP contribution in [0.1, 0.15) is 0 Å². The molecule has 4 nitrogen and oxygen atoms in total. The lowest BCUT2D eigenvalue weighted by Gasteiger charge is -2.26. The highest BCUT2D eigenvalue weighted by Gasteiger charge is 2.19. The zero-order valence-corrected chi connectivity index (χ0v) is 24.5. The maximum atomic E-state index is 4.26. The predicted octanol–water partition coefficient (Wildman–Crippen LogP) is 10.7. The topological polar surface area (TPSA) is 26.0 Å². The number of rotatable bonds is 5. The number of para-hydroxylation sites is 4. The van der Waals surface area contributed by atoms with Gasteiger partial charge in [0.25, 0.3) is 0 Å². The van der Waals surface area contributed by atoms with Gasteiger partial charge in [0, 0.05) is 62.4 Å². The molecule has 0 saturated heterocycles. The molecule has 3 heterocycles. The number of aromatic nitrogens is 3. The van der Waals surface area contributed by atoms with Gasteiger partial charge in [-0.25, -0.2) is 0 Å². The van der Waals surface area contributed by atoms with Crippen molar-refractivity contribution in [2.24, 2.45) is 0 Å². The number of hydrogen-bond acceptors (Lipinski definition) is 2. The Morgan fingerprint density at radius 3 is 1.36 bits per heavy atom. The van der Waals surface area contributed by atoms with Gasteiger partial charge in [-0.05, 0) is 84.9 Å². The molecule has 0 N–H and O–H groups in total. The van der Waals surface area contributed by atoms with E-state index in [0.29, 0.717) is 0 Å². The molecule has 0 radical (unpaired) electrons. The second kappa shape index (κ2) is 10.2. The van der Waals surface area contributed by atoms with Crippen molar-refractivity contribution in [1.29, 1.82) is 0 Å². The molecule has 4 heteroatoms. The van der Waals surface area contributed by atoms with Crippen LogP contribution in [0.3, 0.4) is 0 Å². The first-order chi connectivity index (χ1) is 22.3. The number of pyridine rings is 1. The van der Waals surface area contributed by atoms with E-state index in [0.717, 1.165) is 28.4 Å². The van der Waals surface area contributed by atoms with Crippen molar-refractivity contribution in [2.45, 2.75) is 0 Å². The summed E-state index contributed by atoms with van der Waals surface area (Å²) < 4.78 is 4.69. The Labute approximate surface area is 260 Å². The largest absolute Gasteiger partial charge is 0.310 e. The number of anilines is 3. The summed E-state index contributed by atoms with van der Waals surface area (Å²) in [4.78, 5) is 6.62. The minimum Gasteiger partial charge on any atom is -0.310 e. The van der Waals surface area contributed by atoms with Gasteiger partial charge in [-0.15, -0.1) is 0 Å². The van der Waals surface area contributed by atoms with E-state index in [1.165, 1.54) is 43.6 Å². The molecule has 9 aromatic rings. The molecule has 0 unspecified atom stereocenters. The van der Waals surface area contributed by atoms with Crippen molar-refractivity contribution in [3.63, 3.8) is 0 Å². The van der Waals surface area contributed by atoms with Crippen molar-refractivity contribution in [3.05, 3.63) is 170 Å². The summed E-state index contributed by atoms with van der Waals surface area (Å²) in [7, 11) is 0. The molecular formula is C41H28N4. The molecule has 0 aliphatic carbocycles. The van der Waals surface area contributed by atoms with Crippen LogP contribution in [-0.2, 0) is 0 Å². The first-order valence-electron chi connectivity index (χ1n) is 15.2. The van der Waals surface area contributed by atoms with Crippen LogP contribution in [0.4, 0.5) is 17.1 Å². The molecule has 0 bridgehead atoms. The van der Waals surface area contributed by atoms with Crippen molar-refractivity contribution < 1.29 is 0 Å². The molecule has 9 rings (SSSR count). The second-order valence-corrected chi connectivity index (χ2v) is 11.3. The Morgan fingerprint density at radius 2 is 0.800 bits per heavy atom. The molecule has 0 fully saturated rings. The SMILES string of the molecule is c1ccc(N(c2ccc3c(c2)c2ccccc2n3-c2ccccc2)c2ccc3c(c2)c2ccccc2n3-c2ccncc2)cc1. The third kappa shape index (κ3) is 4.04. The average molecular weight is 577 g/mol. The first kappa shape index (κ1) is 25.4. The molecule has 0 aliphatic heterocycles. The summed E-state index contributed by atoms with van der Waals surface area (Å²) in [5.74, 6) is 0. The quantitative estimate of drug-likeness (QED) is 0.204. The van der Waals surface area contributed by atoms with Crippen LogP contribution in [0.25, 0.3) is 55.0 Å². The van der Waals surface area contributed by atoms with Gasteiger partial charge in [0.15, 0.2) is 0 Å². The van der Waals surface area contributed by atoms with E-state index in [1.54, 1.807) is 0 Å². The number of benzene rings is 6. The molecule has 3 aromatic heterocycles. The summed E-state index contributed by atoms with van der Waals surface area (Å²) in [6.07, 6.45) is 3.71. The zero-order chi connectivity index (χ0) is 29.7. The molecule has 212 valence electrons. The van der Waals surface area contributed by atoms with E-state index in [-0.39, 0.29) is 0 Å². The van der Waals surface area contributed by atoms with Gasteiger partial charge in [-0.1, -0.05) is 72.8 Å². The van der Waals surface area contributed by atoms with Crippen molar-refractivity contribution in [3.8, 4) is 11.4 Å². The summed E-state index contributed by atoms with van der Waals surface area (Å²) >= 11 is 0. The van der Waals surface area contributed by atoms with Gasteiger partial charge >= 0.3 is 0 Å². The fraction of sp³-hybridized carbons (Fsp3) is 0. The van der Waals surface area contributed by atoms with Gasteiger partial charge in [0.1, 0.15) is 0 Å². The normalized spacial score (nSPS) is 11.6. The lowest BCUT2D eigenvalue weighted by molar-refractivity contribution is 1.15. The lowest BCUT2D eigenvalue weighted by Crippen LogP contribution is -2.09. The molecule has 0 aliphatic rings. The monoisotopic (exact) mass is 576 g/mol. The second-order valence-electron chi connectivity index (χ2n) is 11.3. The molecule has 0 amide bonds. The Hall–Kier alpha value is -6.13. The maximum Gasteiger partial charge on any atom is 0.0542 e. The highest BCUT2D eigenvalue weighted by atomic mass is 15.1. The Morgan fingerprint density at radius 1 is 0.356 bits per heavy atom. The standard InChI is InChI=1S/C41H28N4/c1-3-11-29(12-4-1)43(32-19-21-40-36(27-32)34-15-7-9-17-38(34)44(40)30-13-5-2-6-14-30)33-20-22-41-37(28-33)35-16-8-10-18-39(35)45(41)31-23-25-42-26-24-31/h1-28H. The highest BCUT2D eigenvalue weighted by molar-refractivity contribution is 6.12. The van der Waals surface area contributed by atoms with Crippen LogP contribution in [-0.4, -0.2) is 14.1 Å². The fourth-order valence-electron chi connectivity index (χ4n) is 6.85. The van der Waals surface area contributed by atoms with Crippen molar-refractivity contribution in [2.75, 3.05) is 4.90 Å². The van der Waals surface area contributed by atoms with Crippen LogP contribution in [0.5, 0.6) is 0 Å². The van der Waals surface area contributed by atoms with E-state index in [4.69, 9.17) is 0 Å². The van der Waals surface area contributed by atoms with Crippen LogP contribution >= 0.6 is 0 Å². The predicted molar refractivity (Wildman–Crippen MR) is 188 cm³/mol.